The molecule has 0 saturated carbocycles. The highest BCUT2D eigenvalue weighted by Crippen LogP contribution is 2.49. The molecule has 0 radical (unpaired) electrons. The topological polar surface area (TPSA) is 55.4 Å². The van der Waals surface area contributed by atoms with E-state index in [1.807, 2.05) is 18.7 Å². The molecule has 7 heteroatoms. The fourth-order valence-electron chi connectivity index (χ4n) is 5.63. The predicted octanol–water partition coefficient (Wildman–Crippen LogP) is 9.21. The van der Waals surface area contributed by atoms with Gasteiger partial charge in [0.25, 0.3) is 0 Å². The van der Waals surface area contributed by atoms with Gasteiger partial charge in [-0.3, -0.25) is 0 Å². The lowest BCUT2D eigenvalue weighted by atomic mass is 9.93. The highest BCUT2D eigenvalue weighted by atomic mass is 32.2. The van der Waals surface area contributed by atoms with Gasteiger partial charge >= 0.3 is 0 Å². The molecule has 0 aliphatic carbocycles. The Morgan fingerprint density at radius 2 is 1.22 bits per heavy atom. The maximum atomic E-state index is 6.82. The molecule has 5 atom stereocenters. The zero-order valence-corrected chi connectivity index (χ0v) is 29.7. The van der Waals surface area contributed by atoms with Crippen LogP contribution in [0.25, 0.3) is 0 Å². The number of unbranched alkanes of at least 4 members (excludes halogenated alkanes) is 4. The lowest BCUT2D eigenvalue weighted by Gasteiger charge is -2.46. The number of thioether (sulfide) groups is 1. The smallest absolute Gasteiger partial charge is 0.123 e. The molecule has 1 saturated heterocycles. The van der Waals surface area contributed by atoms with Crippen molar-refractivity contribution in [3.63, 3.8) is 0 Å². The third-order valence-electron chi connectivity index (χ3n) is 8.23. The Morgan fingerprint density at radius 3 is 1.82 bits per heavy atom. The van der Waals surface area contributed by atoms with E-state index in [4.69, 9.17) is 28.4 Å². The van der Waals surface area contributed by atoms with E-state index in [1.165, 1.54) is 11.1 Å². The average Bonchev–Trinajstić information content (AvgIpc) is 3.05. The summed E-state index contributed by atoms with van der Waals surface area (Å²) in [6.07, 6.45) is 8.82. The van der Waals surface area contributed by atoms with E-state index >= 15 is 0 Å². The maximum Gasteiger partial charge on any atom is 0.123 e. The molecule has 0 N–H and O–H groups in total. The van der Waals surface area contributed by atoms with Crippen LogP contribution < -0.4 is 9.47 Å². The molecule has 45 heavy (non-hydrogen) atoms. The van der Waals surface area contributed by atoms with Crippen LogP contribution in [0.15, 0.2) is 42.5 Å². The molecule has 1 aliphatic heterocycles. The summed E-state index contributed by atoms with van der Waals surface area (Å²) in [6, 6.07) is 15.0. The number of rotatable bonds is 23. The SMILES string of the molecule is CCCCOC[C@H]1S[C@@H](c2cc(Cc3ccc(OCC)cc3)ccc2OC)[C@H](OCCCC)[C@@H](OCCCC)[C@@H]1OCCCC. The molecule has 254 valence electrons. The van der Waals surface area contributed by atoms with E-state index in [0.29, 0.717) is 33.0 Å². The summed E-state index contributed by atoms with van der Waals surface area (Å²) in [6.45, 7) is 15.0. The Hall–Kier alpha value is -1.77. The molecule has 2 aromatic rings. The summed E-state index contributed by atoms with van der Waals surface area (Å²) in [5.41, 5.74) is 3.64. The summed E-state index contributed by atoms with van der Waals surface area (Å²) in [5, 5.41) is 0.121. The Balaban J connectivity index is 2.01. The summed E-state index contributed by atoms with van der Waals surface area (Å²) in [5.74, 6) is 1.79. The van der Waals surface area contributed by atoms with Crippen LogP contribution in [0.5, 0.6) is 11.5 Å². The molecular weight excluding hydrogens is 584 g/mol. The monoisotopic (exact) mass is 644 g/mol. The minimum absolute atomic E-state index is 0.00881. The minimum Gasteiger partial charge on any atom is -0.496 e. The number of ether oxygens (including phenoxy) is 6. The molecule has 0 amide bonds. The second kappa shape index (κ2) is 21.9. The first-order valence-corrected chi connectivity index (χ1v) is 18.5. The molecule has 6 nitrogen and oxygen atoms in total. The third kappa shape index (κ3) is 12.1. The van der Waals surface area contributed by atoms with E-state index in [1.54, 1.807) is 7.11 Å². The van der Waals surface area contributed by atoms with Gasteiger partial charge in [0.05, 0.1) is 30.8 Å². The Bertz CT molecular complexity index is 1050. The Kier molecular flexibility index (Phi) is 18.4. The van der Waals surface area contributed by atoms with Gasteiger partial charge in [0.15, 0.2) is 0 Å². The lowest BCUT2D eigenvalue weighted by molar-refractivity contribution is -0.149. The number of hydrogen-bond donors (Lipinski definition) is 0. The van der Waals surface area contributed by atoms with Crippen LogP contribution in [-0.2, 0) is 25.4 Å². The molecule has 1 aliphatic rings. The van der Waals surface area contributed by atoms with E-state index in [0.717, 1.165) is 81.5 Å². The van der Waals surface area contributed by atoms with Gasteiger partial charge in [-0.25, -0.2) is 0 Å². The number of methoxy groups -OCH3 is 1. The molecular formula is C38H60O6S. The van der Waals surface area contributed by atoms with Gasteiger partial charge < -0.3 is 28.4 Å². The van der Waals surface area contributed by atoms with Crippen molar-refractivity contribution in [1.82, 2.24) is 0 Å². The summed E-state index contributed by atoms with van der Waals surface area (Å²) in [4.78, 5) is 0. The molecule has 2 aromatic carbocycles. The Morgan fingerprint density at radius 1 is 0.644 bits per heavy atom. The predicted molar refractivity (Wildman–Crippen MR) is 187 cm³/mol. The molecule has 1 heterocycles. The molecule has 1 fully saturated rings. The van der Waals surface area contributed by atoms with Crippen molar-refractivity contribution in [1.29, 1.82) is 0 Å². The second-order valence-electron chi connectivity index (χ2n) is 11.9. The third-order valence-corrected chi connectivity index (χ3v) is 9.80. The van der Waals surface area contributed by atoms with Crippen molar-refractivity contribution >= 4 is 11.8 Å². The van der Waals surface area contributed by atoms with Gasteiger partial charge in [0, 0.05) is 32.0 Å². The summed E-state index contributed by atoms with van der Waals surface area (Å²) in [7, 11) is 1.77. The molecule has 0 aromatic heterocycles. The van der Waals surface area contributed by atoms with Crippen LogP contribution >= 0.6 is 11.8 Å². The average molecular weight is 645 g/mol. The largest absolute Gasteiger partial charge is 0.496 e. The highest BCUT2D eigenvalue weighted by molar-refractivity contribution is 8.00. The molecule has 0 spiro atoms. The van der Waals surface area contributed by atoms with E-state index in [9.17, 15) is 0 Å². The van der Waals surface area contributed by atoms with Crippen LogP contribution in [0.1, 0.15) is 108 Å². The van der Waals surface area contributed by atoms with Crippen LogP contribution in [0.2, 0.25) is 0 Å². The highest BCUT2D eigenvalue weighted by Gasteiger charge is 2.49. The molecule has 3 rings (SSSR count). The van der Waals surface area contributed by atoms with Gasteiger partial charge in [-0.05, 0) is 68.4 Å². The van der Waals surface area contributed by atoms with Crippen molar-refractivity contribution in [2.24, 2.45) is 0 Å². The van der Waals surface area contributed by atoms with Crippen LogP contribution in [0, 0.1) is 0 Å². The fraction of sp³-hybridized carbons (Fsp3) is 0.684. The normalized spacial score (nSPS) is 21.6. The zero-order chi connectivity index (χ0) is 32.3. The second-order valence-corrected chi connectivity index (χ2v) is 13.3. The van der Waals surface area contributed by atoms with E-state index in [-0.39, 0.29) is 28.8 Å². The van der Waals surface area contributed by atoms with E-state index < -0.39 is 0 Å². The van der Waals surface area contributed by atoms with Gasteiger partial charge in [0.1, 0.15) is 29.8 Å². The van der Waals surface area contributed by atoms with Crippen molar-refractivity contribution in [2.45, 2.75) is 121 Å². The molecule has 0 unspecified atom stereocenters. The zero-order valence-electron chi connectivity index (χ0n) is 28.9. The first-order valence-electron chi connectivity index (χ1n) is 17.6. The maximum absolute atomic E-state index is 6.82. The van der Waals surface area contributed by atoms with Crippen molar-refractivity contribution in [3.8, 4) is 11.5 Å². The van der Waals surface area contributed by atoms with Gasteiger partial charge in [0.2, 0.25) is 0 Å². The number of benzene rings is 2. The van der Waals surface area contributed by atoms with Crippen LogP contribution in [0.4, 0.5) is 0 Å². The lowest BCUT2D eigenvalue weighted by Crippen LogP contribution is -2.55. The van der Waals surface area contributed by atoms with E-state index in [2.05, 4.69) is 70.2 Å². The fourth-order valence-corrected chi connectivity index (χ4v) is 7.29. The van der Waals surface area contributed by atoms with Crippen LogP contribution in [0.3, 0.4) is 0 Å². The van der Waals surface area contributed by atoms with Crippen molar-refractivity contribution < 1.29 is 28.4 Å². The Labute approximate surface area is 278 Å². The van der Waals surface area contributed by atoms with Crippen LogP contribution in [-0.4, -0.2) is 70.3 Å². The first kappa shape index (κ1) is 37.7. The summed E-state index contributed by atoms with van der Waals surface area (Å²) >= 11 is 1.92. The quantitative estimate of drug-likeness (QED) is 0.112. The van der Waals surface area contributed by atoms with Gasteiger partial charge in [-0.2, -0.15) is 0 Å². The van der Waals surface area contributed by atoms with Crippen molar-refractivity contribution in [3.05, 3.63) is 59.2 Å². The number of hydrogen-bond acceptors (Lipinski definition) is 7. The minimum atomic E-state index is -0.198. The van der Waals surface area contributed by atoms with Gasteiger partial charge in [-0.1, -0.05) is 77.6 Å². The first-order chi connectivity index (χ1) is 22.1. The summed E-state index contributed by atoms with van der Waals surface area (Å²) < 4.78 is 38.3. The molecule has 0 bridgehead atoms. The standard InChI is InChI=1S/C38H60O6S/c1-7-12-22-40-28-34-35(42-23-13-8-2)36(43-24-14-9-3)37(44-25-15-10-4)38(45-34)32-27-30(18-21-33(32)39-6)26-29-16-19-31(20-17-29)41-11-5/h16-21,27,34-38H,7-15,22-26,28H2,1-6H3/t34-,35-,36+,37-,38+/m1/s1. The van der Waals surface area contributed by atoms with Crippen molar-refractivity contribution in [2.75, 3.05) is 46.8 Å². The van der Waals surface area contributed by atoms with Gasteiger partial charge in [-0.15, -0.1) is 11.8 Å².